The van der Waals surface area contributed by atoms with Gasteiger partial charge in [0.05, 0.1) is 33.7 Å². The van der Waals surface area contributed by atoms with E-state index in [-0.39, 0.29) is 5.56 Å². The van der Waals surface area contributed by atoms with Gasteiger partial charge in [-0.1, -0.05) is 18.2 Å². The monoisotopic (exact) mass is 337 g/mol. The minimum absolute atomic E-state index is 0.285. The highest BCUT2D eigenvalue weighted by atomic mass is 16.5. The summed E-state index contributed by atoms with van der Waals surface area (Å²) in [5.74, 6) is -4.32. The Morgan fingerprint density at radius 2 is 1.50 bits per heavy atom. The molecule has 1 aromatic rings. The van der Waals surface area contributed by atoms with E-state index in [0.717, 1.165) is 21.3 Å². The second-order valence-corrected chi connectivity index (χ2v) is 4.75. The average molecular weight is 337 g/mol. The lowest BCUT2D eigenvalue weighted by molar-refractivity contribution is -0.158. The molecule has 0 aliphatic rings. The zero-order valence-electron chi connectivity index (χ0n) is 13.6. The number of nitrogens with one attached hydrogen (secondary N) is 1. The van der Waals surface area contributed by atoms with Gasteiger partial charge in [-0.05, 0) is 12.1 Å². The molecule has 0 heterocycles. The number of rotatable bonds is 7. The van der Waals surface area contributed by atoms with Gasteiger partial charge >= 0.3 is 17.9 Å². The molecule has 130 valence electrons. The molecule has 0 saturated carbocycles. The first kappa shape index (κ1) is 19.1. The molecule has 24 heavy (non-hydrogen) atoms. The van der Waals surface area contributed by atoms with Gasteiger partial charge in [-0.25, -0.2) is 4.79 Å². The van der Waals surface area contributed by atoms with Crippen LogP contribution in [-0.2, 0) is 28.6 Å². The van der Waals surface area contributed by atoms with E-state index in [1.807, 2.05) is 0 Å². The Balaban J connectivity index is 3.07. The van der Waals surface area contributed by atoms with Crippen LogP contribution < -0.4 is 5.32 Å². The molecule has 0 spiro atoms. The van der Waals surface area contributed by atoms with Crippen molar-refractivity contribution in [1.82, 2.24) is 5.32 Å². The van der Waals surface area contributed by atoms with E-state index >= 15 is 0 Å². The first-order chi connectivity index (χ1) is 11.4. The fraction of sp³-hybridized carbons (Fsp3) is 0.375. The first-order valence-corrected chi connectivity index (χ1v) is 7.03. The van der Waals surface area contributed by atoms with Gasteiger partial charge in [-0.2, -0.15) is 0 Å². The molecule has 0 aliphatic heterocycles. The average Bonchev–Trinajstić information content (AvgIpc) is 2.63. The molecule has 0 unspecified atom stereocenters. The molecule has 0 radical (unpaired) electrons. The van der Waals surface area contributed by atoms with E-state index in [1.165, 1.54) is 12.1 Å². The van der Waals surface area contributed by atoms with Gasteiger partial charge in [0.15, 0.2) is 0 Å². The molecule has 0 aromatic heterocycles. The summed E-state index contributed by atoms with van der Waals surface area (Å²) in [4.78, 5) is 47.7. The number of carbonyl (C=O) groups excluding carboxylic acids is 4. The molecule has 2 atom stereocenters. The highest BCUT2D eigenvalue weighted by Crippen LogP contribution is 2.15. The number of amides is 1. The fourth-order valence-electron chi connectivity index (χ4n) is 2.02. The highest BCUT2D eigenvalue weighted by Gasteiger charge is 2.38. The van der Waals surface area contributed by atoms with Crippen LogP contribution in [0.5, 0.6) is 0 Å². The third-order valence-electron chi connectivity index (χ3n) is 3.30. The normalized spacial score (nSPS) is 12.5. The molecule has 0 aliphatic carbocycles. The largest absolute Gasteiger partial charge is 0.469 e. The maximum absolute atomic E-state index is 12.3. The van der Waals surface area contributed by atoms with Gasteiger partial charge in [-0.3, -0.25) is 14.4 Å². The van der Waals surface area contributed by atoms with E-state index in [2.05, 4.69) is 19.5 Å². The van der Waals surface area contributed by atoms with E-state index < -0.39 is 42.2 Å². The second-order valence-electron chi connectivity index (χ2n) is 4.75. The summed E-state index contributed by atoms with van der Waals surface area (Å²) in [6.07, 6.45) is -0.446. The van der Waals surface area contributed by atoms with E-state index in [0.29, 0.717) is 0 Å². The van der Waals surface area contributed by atoms with Gasteiger partial charge in [0.1, 0.15) is 6.04 Å². The van der Waals surface area contributed by atoms with Crippen LogP contribution >= 0.6 is 0 Å². The van der Waals surface area contributed by atoms with Crippen molar-refractivity contribution in [2.75, 3.05) is 21.3 Å². The molecule has 0 fully saturated rings. The Labute approximate surface area is 139 Å². The number of carbonyl (C=O) groups is 4. The molecular weight excluding hydrogens is 318 g/mol. The van der Waals surface area contributed by atoms with Gasteiger partial charge in [0.25, 0.3) is 5.91 Å². The van der Waals surface area contributed by atoms with Crippen LogP contribution in [0.15, 0.2) is 30.3 Å². The Bertz CT molecular complexity index is 600. The predicted octanol–water partition coefficient (Wildman–Crippen LogP) is 0.310. The smallest absolute Gasteiger partial charge is 0.329 e. The molecule has 8 heteroatoms. The lowest BCUT2D eigenvalue weighted by Crippen LogP contribution is -2.50. The topological polar surface area (TPSA) is 108 Å². The molecule has 1 rings (SSSR count). The molecule has 8 nitrogen and oxygen atoms in total. The van der Waals surface area contributed by atoms with E-state index in [9.17, 15) is 19.2 Å². The highest BCUT2D eigenvalue weighted by molar-refractivity contribution is 5.98. The minimum Gasteiger partial charge on any atom is -0.469 e. The van der Waals surface area contributed by atoms with Gasteiger partial charge in [-0.15, -0.1) is 0 Å². The summed E-state index contributed by atoms with van der Waals surface area (Å²) in [6.45, 7) is 0. The molecule has 0 bridgehead atoms. The fourth-order valence-corrected chi connectivity index (χ4v) is 2.02. The van der Waals surface area contributed by atoms with Crippen molar-refractivity contribution in [3.63, 3.8) is 0 Å². The van der Waals surface area contributed by atoms with Crippen molar-refractivity contribution in [1.29, 1.82) is 0 Å². The van der Waals surface area contributed by atoms with Gasteiger partial charge in [0, 0.05) is 5.56 Å². The third-order valence-corrected chi connectivity index (χ3v) is 3.30. The molecular formula is C16H19NO7. The zero-order valence-corrected chi connectivity index (χ0v) is 13.6. The standard InChI is InChI=1S/C16H19NO7/c1-22-12(18)9-11(15(20)23-2)13(16(21)24-3)17-14(19)10-7-5-4-6-8-10/h4-8,11,13H,9H2,1-3H3,(H,17,19)/t11-,13-/m0/s1. The Morgan fingerprint density at radius 3 is 2.00 bits per heavy atom. The van der Waals surface area contributed by atoms with E-state index in [1.54, 1.807) is 18.2 Å². The van der Waals surface area contributed by atoms with Crippen molar-refractivity contribution in [2.24, 2.45) is 5.92 Å². The van der Waals surface area contributed by atoms with Crippen molar-refractivity contribution in [3.8, 4) is 0 Å². The number of ether oxygens (including phenoxy) is 3. The van der Waals surface area contributed by atoms with E-state index in [4.69, 9.17) is 0 Å². The van der Waals surface area contributed by atoms with Crippen molar-refractivity contribution < 1.29 is 33.4 Å². The molecule has 1 aromatic carbocycles. The lowest BCUT2D eigenvalue weighted by atomic mass is 9.95. The number of hydrogen-bond acceptors (Lipinski definition) is 7. The van der Waals surface area contributed by atoms with Crippen molar-refractivity contribution in [3.05, 3.63) is 35.9 Å². The summed E-state index contributed by atoms with van der Waals surface area (Å²) in [5, 5.41) is 2.41. The second kappa shape index (κ2) is 9.29. The SMILES string of the molecule is COC(=O)C[C@H](C(=O)OC)[C@H](NC(=O)c1ccccc1)C(=O)OC. The number of esters is 3. The van der Waals surface area contributed by atoms with Crippen LogP contribution in [0.3, 0.4) is 0 Å². The van der Waals surface area contributed by atoms with Crippen LogP contribution in [0.1, 0.15) is 16.8 Å². The number of hydrogen-bond donors (Lipinski definition) is 1. The molecule has 1 amide bonds. The first-order valence-electron chi connectivity index (χ1n) is 7.03. The minimum atomic E-state index is -1.39. The van der Waals surface area contributed by atoms with Crippen LogP contribution in [0, 0.1) is 5.92 Å². The quantitative estimate of drug-likeness (QED) is 0.563. The maximum atomic E-state index is 12.3. The number of methoxy groups -OCH3 is 3. The van der Waals surface area contributed by atoms with Gasteiger partial charge < -0.3 is 19.5 Å². The summed E-state index contributed by atoms with van der Waals surface area (Å²) >= 11 is 0. The Morgan fingerprint density at radius 1 is 0.917 bits per heavy atom. The lowest BCUT2D eigenvalue weighted by Gasteiger charge is -2.23. The molecule has 0 saturated heterocycles. The predicted molar refractivity (Wildman–Crippen MR) is 81.9 cm³/mol. The van der Waals surface area contributed by atoms with Crippen molar-refractivity contribution in [2.45, 2.75) is 12.5 Å². The van der Waals surface area contributed by atoms with Crippen molar-refractivity contribution >= 4 is 23.8 Å². The zero-order chi connectivity index (χ0) is 18.1. The maximum Gasteiger partial charge on any atom is 0.329 e. The molecule has 1 N–H and O–H groups in total. The van der Waals surface area contributed by atoms with Gasteiger partial charge in [0.2, 0.25) is 0 Å². The Hall–Kier alpha value is -2.90. The summed E-state index contributed by atoms with van der Waals surface area (Å²) in [6, 6.07) is 6.70. The Kier molecular flexibility index (Phi) is 7.41. The summed E-state index contributed by atoms with van der Waals surface area (Å²) < 4.78 is 13.8. The van der Waals surface area contributed by atoms with Crippen LogP contribution in [0.2, 0.25) is 0 Å². The number of benzene rings is 1. The summed E-state index contributed by atoms with van der Waals surface area (Å²) in [7, 11) is 3.36. The summed E-state index contributed by atoms with van der Waals surface area (Å²) in [5.41, 5.74) is 0.285. The van der Waals surface area contributed by atoms with Crippen LogP contribution in [0.25, 0.3) is 0 Å². The van der Waals surface area contributed by atoms with Crippen LogP contribution in [0.4, 0.5) is 0 Å². The van der Waals surface area contributed by atoms with Crippen LogP contribution in [-0.4, -0.2) is 51.2 Å². The third kappa shape index (κ3) is 5.08.